The summed E-state index contributed by atoms with van der Waals surface area (Å²) >= 11 is 0. The van der Waals surface area contributed by atoms with E-state index in [2.05, 4.69) is 59.3 Å². The summed E-state index contributed by atoms with van der Waals surface area (Å²) in [5, 5.41) is 13.7. The van der Waals surface area contributed by atoms with Gasteiger partial charge in [-0.25, -0.2) is 0 Å². The van der Waals surface area contributed by atoms with Crippen LogP contribution in [-0.4, -0.2) is 66.3 Å². The normalized spacial score (nSPS) is 18.4. The molecule has 0 aliphatic carbocycles. The minimum Gasteiger partial charge on any atom is -0.390 e. The number of likely N-dealkylation sites (tertiary alicyclic amines) is 1. The zero-order valence-corrected chi connectivity index (χ0v) is 14.7. The molecule has 0 unspecified atom stereocenters. The monoisotopic (exact) mass is 319 g/mol. The Morgan fingerprint density at radius 1 is 1.17 bits per heavy atom. The summed E-state index contributed by atoms with van der Waals surface area (Å²) in [5.74, 6) is 0. The predicted octanol–water partition coefficient (Wildman–Crippen LogP) is 1.94. The summed E-state index contributed by atoms with van der Waals surface area (Å²) in [5.41, 5.74) is 1.40. The Morgan fingerprint density at radius 2 is 1.83 bits per heavy atom. The molecule has 0 radical (unpaired) electrons. The molecule has 2 rings (SSSR count). The van der Waals surface area contributed by atoms with Gasteiger partial charge in [-0.2, -0.15) is 0 Å². The number of likely N-dealkylation sites (N-methyl/N-ethyl adjacent to an activating group) is 1. The lowest BCUT2D eigenvalue weighted by molar-refractivity contribution is 0.107. The van der Waals surface area contributed by atoms with Gasteiger partial charge in [-0.1, -0.05) is 44.2 Å². The van der Waals surface area contributed by atoms with Crippen molar-refractivity contribution in [1.82, 2.24) is 15.1 Å². The third-order valence-corrected chi connectivity index (χ3v) is 4.84. The highest BCUT2D eigenvalue weighted by atomic mass is 16.3. The number of aliphatic hydroxyl groups is 1. The largest absolute Gasteiger partial charge is 0.390 e. The van der Waals surface area contributed by atoms with Crippen LogP contribution in [0.15, 0.2) is 30.3 Å². The molecule has 0 amide bonds. The second-order valence-corrected chi connectivity index (χ2v) is 6.58. The van der Waals surface area contributed by atoms with Crippen LogP contribution in [0.2, 0.25) is 0 Å². The van der Waals surface area contributed by atoms with Gasteiger partial charge < -0.3 is 15.3 Å². The van der Waals surface area contributed by atoms with Gasteiger partial charge in [-0.15, -0.1) is 0 Å². The van der Waals surface area contributed by atoms with Gasteiger partial charge in [0.25, 0.3) is 0 Å². The molecule has 4 nitrogen and oxygen atoms in total. The summed E-state index contributed by atoms with van der Waals surface area (Å²) in [6.45, 7) is 11.1. The van der Waals surface area contributed by atoms with Crippen molar-refractivity contribution in [2.75, 3.05) is 39.3 Å². The van der Waals surface area contributed by atoms with Gasteiger partial charge in [0.05, 0.1) is 6.10 Å². The van der Waals surface area contributed by atoms with Crippen molar-refractivity contribution < 1.29 is 5.11 Å². The van der Waals surface area contributed by atoms with Crippen LogP contribution < -0.4 is 5.32 Å². The van der Waals surface area contributed by atoms with Crippen molar-refractivity contribution in [3.05, 3.63) is 35.9 Å². The first-order chi connectivity index (χ1) is 11.2. The van der Waals surface area contributed by atoms with E-state index >= 15 is 0 Å². The topological polar surface area (TPSA) is 38.7 Å². The van der Waals surface area contributed by atoms with Gasteiger partial charge in [0.15, 0.2) is 0 Å². The summed E-state index contributed by atoms with van der Waals surface area (Å²) in [6, 6.07) is 11.3. The Morgan fingerprint density at radius 3 is 2.43 bits per heavy atom. The van der Waals surface area contributed by atoms with Gasteiger partial charge >= 0.3 is 0 Å². The number of hydrogen-bond acceptors (Lipinski definition) is 4. The summed E-state index contributed by atoms with van der Waals surface area (Å²) in [4.78, 5) is 4.80. The van der Waals surface area contributed by atoms with Crippen LogP contribution >= 0.6 is 0 Å². The number of aliphatic hydroxyl groups excluding tert-OH is 1. The minimum absolute atomic E-state index is 0.266. The number of nitrogens with zero attached hydrogens (tertiary/aromatic N) is 2. The van der Waals surface area contributed by atoms with Crippen molar-refractivity contribution in [1.29, 1.82) is 0 Å². The number of benzene rings is 1. The summed E-state index contributed by atoms with van der Waals surface area (Å²) in [6.07, 6.45) is 2.08. The smallest absolute Gasteiger partial charge is 0.0791 e. The van der Waals surface area contributed by atoms with Crippen molar-refractivity contribution in [3.8, 4) is 0 Å². The number of rotatable bonds is 9. The van der Waals surface area contributed by atoms with Crippen LogP contribution in [0, 0.1) is 0 Å². The van der Waals surface area contributed by atoms with Crippen molar-refractivity contribution in [2.45, 2.75) is 45.4 Å². The molecule has 1 saturated heterocycles. The van der Waals surface area contributed by atoms with Crippen LogP contribution in [-0.2, 0) is 6.54 Å². The van der Waals surface area contributed by atoms with Gasteiger partial charge in [-0.3, -0.25) is 4.90 Å². The summed E-state index contributed by atoms with van der Waals surface area (Å²) < 4.78 is 0. The van der Waals surface area contributed by atoms with E-state index in [1.165, 1.54) is 18.4 Å². The third-order valence-electron chi connectivity index (χ3n) is 4.84. The molecule has 0 aromatic heterocycles. The first kappa shape index (κ1) is 18.4. The maximum atomic E-state index is 10.1. The molecule has 1 heterocycles. The first-order valence-electron chi connectivity index (χ1n) is 9.11. The average Bonchev–Trinajstić information content (AvgIpc) is 2.60. The van der Waals surface area contributed by atoms with Crippen molar-refractivity contribution in [3.63, 3.8) is 0 Å². The lowest BCUT2D eigenvalue weighted by Crippen LogP contribution is -2.46. The zero-order chi connectivity index (χ0) is 16.5. The first-order valence-corrected chi connectivity index (χ1v) is 9.11. The molecule has 1 aliphatic heterocycles. The number of hydrogen-bond donors (Lipinski definition) is 2. The van der Waals surface area contributed by atoms with E-state index in [4.69, 9.17) is 0 Å². The summed E-state index contributed by atoms with van der Waals surface area (Å²) in [7, 11) is 0. The van der Waals surface area contributed by atoms with Gasteiger partial charge in [-0.05, 0) is 44.6 Å². The molecule has 4 heteroatoms. The van der Waals surface area contributed by atoms with E-state index < -0.39 is 0 Å². The maximum Gasteiger partial charge on any atom is 0.0791 e. The molecule has 0 saturated carbocycles. The Kier molecular flexibility index (Phi) is 8.03. The highest BCUT2D eigenvalue weighted by Crippen LogP contribution is 2.13. The molecule has 130 valence electrons. The molecule has 2 N–H and O–H groups in total. The average molecular weight is 319 g/mol. The molecule has 0 spiro atoms. The Labute approximate surface area is 141 Å². The fraction of sp³-hybridized carbons (Fsp3) is 0.684. The molecule has 23 heavy (non-hydrogen) atoms. The van der Waals surface area contributed by atoms with Crippen LogP contribution in [0.4, 0.5) is 0 Å². The Hall–Kier alpha value is -0.940. The molecular formula is C19H33N3O. The molecule has 1 aromatic carbocycles. The van der Waals surface area contributed by atoms with Crippen molar-refractivity contribution >= 4 is 0 Å². The van der Waals surface area contributed by atoms with Crippen LogP contribution in [0.3, 0.4) is 0 Å². The second-order valence-electron chi connectivity index (χ2n) is 6.58. The van der Waals surface area contributed by atoms with E-state index in [9.17, 15) is 5.11 Å². The second kappa shape index (κ2) is 10.0. The van der Waals surface area contributed by atoms with E-state index in [0.717, 1.165) is 39.3 Å². The van der Waals surface area contributed by atoms with Gasteiger partial charge in [0.2, 0.25) is 0 Å². The molecule has 1 fully saturated rings. The van der Waals surface area contributed by atoms with E-state index in [1.807, 2.05) is 0 Å². The maximum absolute atomic E-state index is 10.1. The Bertz CT molecular complexity index is 414. The fourth-order valence-electron chi connectivity index (χ4n) is 3.28. The van der Waals surface area contributed by atoms with E-state index in [-0.39, 0.29) is 6.10 Å². The lowest BCUT2D eigenvalue weighted by Gasteiger charge is -2.33. The Balaban J connectivity index is 1.63. The lowest BCUT2D eigenvalue weighted by atomic mass is 10.0. The molecule has 0 bridgehead atoms. The standard InChI is InChI=1S/C19H33N3O/c1-3-21(4-2)16-19(23)14-20-18-10-12-22(13-11-18)15-17-8-6-5-7-9-17/h5-9,18-20,23H,3-4,10-16H2,1-2H3/t19-/m0/s1. The van der Waals surface area contributed by atoms with Gasteiger partial charge in [0.1, 0.15) is 0 Å². The van der Waals surface area contributed by atoms with Crippen LogP contribution in [0.25, 0.3) is 0 Å². The third kappa shape index (κ3) is 6.60. The number of piperidine rings is 1. The predicted molar refractivity (Wildman–Crippen MR) is 96.5 cm³/mol. The minimum atomic E-state index is -0.266. The molecule has 1 aromatic rings. The highest BCUT2D eigenvalue weighted by Gasteiger charge is 2.20. The molecule has 1 aliphatic rings. The van der Waals surface area contributed by atoms with Crippen molar-refractivity contribution in [2.24, 2.45) is 0 Å². The molecule has 1 atom stereocenters. The van der Waals surface area contributed by atoms with E-state index in [1.54, 1.807) is 0 Å². The van der Waals surface area contributed by atoms with Crippen LogP contribution in [0.1, 0.15) is 32.3 Å². The quantitative estimate of drug-likeness (QED) is 0.730. The highest BCUT2D eigenvalue weighted by molar-refractivity contribution is 5.14. The van der Waals surface area contributed by atoms with E-state index in [0.29, 0.717) is 12.6 Å². The van der Waals surface area contributed by atoms with Gasteiger partial charge in [0, 0.05) is 25.7 Å². The fourth-order valence-corrected chi connectivity index (χ4v) is 3.28. The zero-order valence-electron chi connectivity index (χ0n) is 14.7. The SMILES string of the molecule is CCN(CC)C[C@@H](O)CNC1CCN(Cc2ccccc2)CC1. The van der Waals surface area contributed by atoms with Crippen LogP contribution in [0.5, 0.6) is 0 Å². The number of nitrogens with one attached hydrogen (secondary N) is 1. The molecular weight excluding hydrogens is 286 g/mol.